The van der Waals surface area contributed by atoms with Crippen LogP contribution < -0.4 is 10.2 Å². The van der Waals surface area contributed by atoms with Gasteiger partial charge in [0.15, 0.2) is 0 Å². The Bertz CT molecular complexity index is 561. The van der Waals surface area contributed by atoms with Gasteiger partial charge in [0.25, 0.3) is 0 Å². The normalized spacial score (nSPS) is 10.4. The predicted molar refractivity (Wildman–Crippen MR) is 89.7 cm³/mol. The van der Waals surface area contributed by atoms with Crippen LogP contribution in [0.25, 0.3) is 0 Å². The van der Waals surface area contributed by atoms with E-state index in [2.05, 4.69) is 48.0 Å². The number of halogens is 1. The van der Waals surface area contributed by atoms with Gasteiger partial charge in [0.1, 0.15) is 22.4 Å². The molecule has 5 nitrogen and oxygen atoms in total. The Hall–Kier alpha value is -1.69. The van der Waals surface area contributed by atoms with Gasteiger partial charge in [-0.15, -0.1) is 0 Å². The number of likely N-dealkylation sites (N-methyl/N-ethyl adjacent to an activating group) is 1. The lowest BCUT2D eigenvalue weighted by molar-refractivity contribution is 0.849. The minimum Gasteiger partial charge on any atom is -0.369 e. The molecular weight excluding hydrogens is 330 g/mol. The second kappa shape index (κ2) is 7.93. The zero-order chi connectivity index (χ0) is 15.1. The number of hydrogen-bond acceptors (Lipinski definition) is 5. The number of rotatable bonds is 7. The average Bonchev–Trinajstić information content (AvgIpc) is 2.52. The summed E-state index contributed by atoms with van der Waals surface area (Å²) in [7, 11) is 2.04. The predicted octanol–water partition coefficient (Wildman–Crippen LogP) is 3.13. The molecule has 1 N–H and O–H groups in total. The van der Waals surface area contributed by atoms with Crippen molar-refractivity contribution in [3.05, 3.63) is 40.9 Å². The molecule has 2 aromatic rings. The van der Waals surface area contributed by atoms with Gasteiger partial charge < -0.3 is 10.2 Å². The minimum absolute atomic E-state index is 0.845. The van der Waals surface area contributed by atoms with Gasteiger partial charge in [-0.05, 0) is 46.5 Å². The van der Waals surface area contributed by atoms with Crippen molar-refractivity contribution in [3.63, 3.8) is 0 Å². The first-order valence-electron chi connectivity index (χ1n) is 7.06. The molecule has 0 aliphatic heterocycles. The highest BCUT2D eigenvalue weighted by Crippen LogP contribution is 2.28. The third kappa shape index (κ3) is 4.39. The maximum atomic E-state index is 4.37. The zero-order valence-corrected chi connectivity index (χ0v) is 14.0. The van der Waals surface area contributed by atoms with Crippen LogP contribution in [-0.2, 0) is 6.42 Å². The molecule has 0 saturated carbocycles. The molecule has 2 heterocycles. The summed E-state index contributed by atoms with van der Waals surface area (Å²) in [5.41, 5.74) is 1.27. The van der Waals surface area contributed by atoms with Crippen LogP contribution in [0.5, 0.6) is 0 Å². The number of nitrogens with zero attached hydrogens (tertiary/aromatic N) is 4. The fourth-order valence-electron chi connectivity index (χ4n) is 1.95. The summed E-state index contributed by atoms with van der Waals surface area (Å²) in [6.07, 6.45) is 7.25. The van der Waals surface area contributed by atoms with E-state index in [4.69, 9.17) is 0 Å². The molecule has 6 heteroatoms. The van der Waals surface area contributed by atoms with Gasteiger partial charge in [-0.2, -0.15) is 0 Å². The molecule has 0 aliphatic carbocycles. The quantitative estimate of drug-likeness (QED) is 0.832. The fourth-order valence-corrected chi connectivity index (χ4v) is 2.59. The van der Waals surface area contributed by atoms with Crippen LogP contribution in [0.15, 0.2) is 35.3 Å². The van der Waals surface area contributed by atoms with E-state index in [1.807, 2.05) is 31.6 Å². The Morgan fingerprint density at radius 3 is 2.71 bits per heavy atom. The van der Waals surface area contributed by atoms with Crippen molar-refractivity contribution in [1.29, 1.82) is 0 Å². The van der Waals surface area contributed by atoms with Gasteiger partial charge in [0, 0.05) is 32.5 Å². The SMILES string of the molecule is CCCNc1ncnc(N(C)CCc2ccncc2)c1Br. The third-order valence-corrected chi connectivity index (χ3v) is 3.89. The Morgan fingerprint density at radius 1 is 1.24 bits per heavy atom. The number of hydrogen-bond donors (Lipinski definition) is 1. The number of anilines is 2. The Kier molecular flexibility index (Phi) is 5.92. The lowest BCUT2D eigenvalue weighted by atomic mass is 10.2. The van der Waals surface area contributed by atoms with E-state index in [9.17, 15) is 0 Å². The summed E-state index contributed by atoms with van der Waals surface area (Å²) in [6, 6.07) is 4.08. The highest BCUT2D eigenvalue weighted by Gasteiger charge is 2.12. The van der Waals surface area contributed by atoms with Gasteiger partial charge in [0.05, 0.1) is 0 Å². The third-order valence-electron chi connectivity index (χ3n) is 3.16. The second-order valence-corrected chi connectivity index (χ2v) is 5.61. The van der Waals surface area contributed by atoms with Crippen molar-refractivity contribution in [2.45, 2.75) is 19.8 Å². The molecule has 0 atom stereocenters. The summed E-state index contributed by atoms with van der Waals surface area (Å²) >= 11 is 3.60. The zero-order valence-electron chi connectivity index (χ0n) is 12.4. The maximum absolute atomic E-state index is 4.37. The number of pyridine rings is 1. The van der Waals surface area contributed by atoms with Crippen LogP contribution in [-0.4, -0.2) is 35.1 Å². The van der Waals surface area contributed by atoms with Crippen LogP contribution in [0.4, 0.5) is 11.6 Å². The standard InChI is InChI=1S/C15H20BrN5/c1-3-7-18-14-13(16)15(20-11-19-14)21(2)10-6-12-4-8-17-9-5-12/h4-5,8-9,11H,3,6-7,10H2,1-2H3,(H,18,19,20). The van der Waals surface area contributed by atoms with E-state index in [0.29, 0.717) is 0 Å². The van der Waals surface area contributed by atoms with E-state index < -0.39 is 0 Å². The van der Waals surface area contributed by atoms with Gasteiger partial charge in [-0.3, -0.25) is 4.98 Å². The number of nitrogens with one attached hydrogen (secondary N) is 1. The molecule has 0 aliphatic rings. The molecule has 0 aromatic carbocycles. The number of aromatic nitrogens is 3. The van der Waals surface area contributed by atoms with E-state index in [-0.39, 0.29) is 0 Å². The first-order chi connectivity index (χ1) is 10.2. The molecule has 0 spiro atoms. The highest BCUT2D eigenvalue weighted by atomic mass is 79.9. The molecule has 2 rings (SSSR count). The Balaban J connectivity index is 2.03. The molecule has 0 saturated heterocycles. The Morgan fingerprint density at radius 2 is 2.00 bits per heavy atom. The van der Waals surface area contributed by atoms with Crippen molar-refractivity contribution in [2.75, 3.05) is 30.4 Å². The van der Waals surface area contributed by atoms with Crippen LogP contribution in [0, 0.1) is 0 Å². The molecule has 112 valence electrons. The Labute approximate surface area is 134 Å². The van der Waals surface area contributed by atoms with Crippen molar-refractivity contribution < 1.29 is 0 Å². The van der Waals surface area contributed by atoms with E-state index in [0.717, 1.165) is 42.0 Å². The molecule has 0 unspecified atom stereocenters. The van der Waals surface area contributed by atoms with E-state index >= 15 is 0 Å². The van der Waals surface area contributed by atoms with Crippen molar-refractivity contribution >= 4 is 27.6 Å². The summed E-state index contributed by atoms with van der Waals surface area (Å²) in [5.74, 6) is 1.75. The van der Waals surface area contributed by atoms with Crippen LogP contribution in [0.3, 0.4) is 0 Å². The van der Waals surface area contributed by atoms with Gasteiger partial charge in [0.2, 0.25) is 0 Å². The van der Waals surface area contributed by atoms with Crippen molar-refractivity contribution in [3.8, 4) is 0 Å². The van der Waals surface area contributed by atoms with Crippen LogP contribution in [0.2, 0.25) is 0 Å². The highest BCUT2D eigenvalue weighted by molar-refractivity contribution is 9.10. The van der Waals surface area contributed by atoms with Crippen LogP contribution >= 0.6 is 15.9 Å². The molecule has 0 amide bonds. The smallest absolute Gasteiger partial charge is 0.148 e. The molecule has 0 fully saturated rings. The van der Waals surface area contributed by atoms with Crippen molar-refractivity contribution in [1.82, 2.24) is 15.0 Å². The minimum atomic E-state index is 0.845. The van der Waals surface area contributed by atoms with Crippen LogP contribution in [0.1, 0.15) is 18.9 Å². The maximum Gasteiger partial charge on any atom is 0.148 e. The molecule has 2 aromatic heterocycles. The molecule has 0 radical (unpaired) electrons. The van der Waals surface area contributed by atoms with E-state index in [1.165, 1.54) is 5.56 Å². The second-order valence-electron chi connectivity index (χ2n) is 4.81. The van der Waals surface area contributed by atoms with Gasteiger partial charge in [-0.25, -0.2) is 9.97 Å². The summed E-state index contributed by atoms with van der Waals surface area (Å²) in [5, 5.41) is 3.30. The summed E-state index contributed by atoms with van der Waals surface area (Å²) < 4.78 is 0.913. The summed E-state index contributed by atoms with van der Waals surface area (Å²) in [4.78, 5) is 14.8. The lowest BCUT2D eigenvalue weighted by Gasteiger charge is -2.20. The first kappa shape index (κ1) is 15.7. The van der Waals surface area contributed by atoms with Crippen molar-refractivity contribution in [2.24, 2.45) is 0 Å². The van der Waals surface area contributed by atoms with E-state index in [1.54, 1.807) is 6.33 Å². The van der Waals surface area contributed by atoms with Gasteiger partial charge in [-0.1, -0.05) is 6.92 Å². The first-order valence-corrected chi connectivity index (χ1v) is 7.86. The lowest BCUT2D eigenvalue weighted by Crippen LogP contribution is -2.22. The monoisotopic (exact) mass is 349 g/mol. The molecule has 21 heavy (non-hydrogen) atoms. The fraction of sp³-hybridized carbons (Fsp3) is 0.400. The molecular formula is C15H20BrN5. The largest absolute Gasteiger partial charge is 0.369 e. The average molecular weight is 350 g/mol. The summed E-state index contributed by atoms with van der Waals surface area (Å²) in [6.45, 7) is 3.91. The topological polar surface area (TPSA) is 53.9 Å². The van der Waals surface area contributed by atoms with Gasteiger partial charge >= 0.3 is 0 Å². The molecule has 0 bridgehead atoms.